The van der Waals surface area contributed by atoms with Gasteiger partial charge in [0.15, 0.2) is 0 Å². The van der Waals surface area contributed by atoms with Gasteiger partial charge in [0.2, 0.25) is 5.91 Å². The second-order valence-corrected chi connectivity index (χ2v) is 4.12. The van der Waals surface area contributed by atoms with Crippen molar-refractivity contribution in [1.29, 1.82) is 5.26 Å². The highest BCUT2D eigenvalue weighted by Crippen LogP contribution is 2.27. The summed E-state index contributed by atoms with van der Waals surface area (Å²) < 4.78 is 4.92. The molecule has 84 valence electrons. The molecule has 1 fully saturated rings. The lowest BCUT2D eigenvalue weighted by atomic mass is 9.83. The van der Waals surface area contributed by atoms with Crippen molar-refractivity contribution in [2.45, 2.75) is 50.7 Å². The first-order valence-corrected chi connectivity index (χ1v) is 5.39. The Balaban J connectivity index is 2.60. The molecule has 1 unspecified atom stereocenters. The van der Waals surface area contributed by atoms with Gasteiger partial charge in [0.25, 0.3) is 0 Å². The van der Waals surface area contributed by atoms with Crippen molar-refractivity contribution in [1.82, 2.24) is 5.32 Å². The summed E-state index contributed by atoms with van der Waals surface area (Å²) in [4.78, 5) is 11.6. The van der Waals surface area contributed by atoms with E-state index >= 15 is 0 Å². The first-order chi connectivity index (χ1) is 7.13. The molecule has 4 heteroatoms. The first-order valence-electron chi connectivity index (χ1n) is 5.39. The van der Waals surface area contributed by atoms with Crippen LogP contribution in [0.4, 0.5) is 0 Å². The van der Waals surface area contributed by atoms with Crippen LogP contribution in [0.1, 0.15) is 39.0 Å². The predicted octanol–water partition coefficient (Wildman–Crippen LogP) is 1.36. The van der Waals surface area contributed by atoms with Gasteiger partial charge in [-0.05, 0) is 19.8 Å². The number of rotatable bonds is 3. The van der Waals surface area contributed by atoms with Gasteiger partial charge in [-0.3, -0.25) is 4.79 Å². The van der Waals surface area contributed by atoms with Crippen LogP contribution in [0.15, 0.2) is 0 Å². The fraction of sp³-hybridized carbons (Fsp3) is 0.818. The second-order valence-electron chi connectivity index (χ2n) is 4.12. The largest absolute Gasteiger partial charge is 0.372 e. The number of hydrogen-bond acceptors (Lipinski definition) is 3. The molecule has 0 aromatic heterocycles. The molecule has 1 aliphatic rings. The third-order valence-electron chi connectivity index (χ3n) is 3.01. The van der Waals surface area contributed by atoms with Gasteiger partial charge in [-0.15, -0.1) is 0 Å². The highest BCUT2D eigenvalue weighted by molar-refractivity contribution is 5.81. The molecule has 1 aliphatic carbocycles. The smallest absolute Gasteiger partial charge is 0.250 e. The Bertz CT molecular complexity index is 264. The minimum absolute atomic E-state index is 0.194. The van der Waals surface area contributed by atoms with E-state index in [-0.39, 0.29) is 5.91 Å². The van der Waals surface area contributed by atoms with E-state index in [1.54, 1.807) is 6.92 Å². The van der Waals surface area contributed by atoms with Crippen LogP contribution in [0.5, 0.6) is 0 Å². The monoisotopic (exact) mass is 210 g/mol. The highest BCUT2D eigenvalue weighted by atomic mass is 16.5. The van der Waals surface area contributed by atoms with Gasteiger partial charge < -0.3 is 10.1 Å². The quantitative estimate of drug-likeness (QED) is 0.765. The van der Waals surface area contributed by atoms with Crippen LogP contribution in [0, 0.1) is 11.3 Å². The number of nitrogens with one attached hydrogen (secondary N) is 1. The van der Waals surface area contributed by atoms with Gasteiger partial charge in [-0.1, -0.05) is 19.3 Å². The minimum atomic E-state index is -0.651. The lowest BCUT2D eigenvalue weighted by Gasteiger charge is -2.32. The zero-order valence-electron chi connectivity index (χ0n) is 9.38. The number of nitrogens with zero attached hydrogens (tertiary/aromatic N) is 1. The minimum Gasteiger partial charge on any atom is -0.372 e. The van der Waals surface area contributed by atoms with Crippen LogP contribution in [-0.2, 0) is 9.53 Å². The number of carbonyl (C=O) groups is 1. The standard InChI is InChI=1S/C11H18N2O2/c1-9(15-2)10(14)13-11(8-12)6-4-3-5-7-11/h9H,3-7H2,1-2H3,(H,13,14). The van der Waals surface area contributed by atoms with Gasteiger partial charge in [-0.25, -0.2) is 0 Å². The summed E-state index contributed by atoms with van der Waals surface area (Å²) in [6, 6.07) is 2.24. The molecule has 0 aromatic carbocycles. The lowest BCUT2D eigenvalue weighted by Crippen LogP contribution is -2.51. The molecule has 0 aliphatic heterocycles. The topological polar surface area (TPSA) is 62.1 Å². The number of methoxy groups -OCH3 is 1. The van der Waals surface area contributed by atoms with Gasteiger partial charge in [0, 0.05) is 7.11 Å². The fourth-order valence-corrected chi connectivity index (χ4v) is 1.86. The summed E-state index contributed by atoms with van der Waals surface area (Å²) in [6.07, 6.45) is 4.19. The molecule has 1 N–H and O–H groups in total. The molecule has 0 heterocycles. The average molecular weight is 210 g/mol. The molecule has 0 bridgehead atoms. The van der Waals surface area contributed by atoms with Gasteiger partial charge in [-0.2, -0.15) is 5.26 Å². The molecule has 0 saturated heterocycles. The fourth-order valence-electron chi connectivity index (χ4n) is 1.86. The maximum absolute atomic E-state index is 11.6. The Hall–Kier alpha value is -1.08. The van der Waals surface area contributed by atoms with Crippen molar-refractivity contribution in [2.24, 2.45) is 0 Å². The molecular formula is C11H18N2O2. The van der Waals surface area contributed by atoms with Crippen LogP contribution in [-0.4, -0.2) is 24.7 Å². The molecule has 0 spiro atoms. The second kappa shape index (κ2) is 5.13. The zero-order valence-corrected chi connectivity index (χ0v) is 9.38. The molecule has 4 nitrogen and oxygen atoms in total. The van der Waals surface area contributed by atoms with E-state index in [1.165, 1.54) is 7.11 Å². The normalized spacial score (nSPS) is 21.4. The molecule has 1 amide bonds. The maximum Gasteiger partial charge on any atom is 0.250 e. The van der Waals surface area contributed by atoms with Gasteiger partial charge >= 0.3 is 0 Å². The molecule has 15 heavy (non-hydrogen) atoms. The number of ether oxygens (including phenoxy) is 1. The number of nitriles is 1. The summed E-state index contributed by atoms with van der Waals surface area (Å²) in [5.74, 6) is -0.194. The Kier molecular flexibility index (Phi) is 4.10. The SMILES string of the molecule is COC(C)C(=O)NC1(C#N)CCCCC1. The van der Waals surface area contributed by atoms with Crippen LogP contribution in [0.2, 0.25) is 0 Å². The molecule has 0 radical (unpaired) electrons. The summed E-state index contributed by atoms with van der Waals surface area (Å²) >= 11 is 0. The summed E-state index contributed by atoms with van der Waals surface area (Å²) in [7, 11) is 1.49. The summed E-state index contributed by atoms with van der Waals surface area (Å²) in [5, 5.41) is 11.9. The van der Waals surface area contributed by atoms with Crippen molar-refractivity contribution >= 4 is 5.91 Å². The van der Waals surface area contributed by atoms with E-state index in [4.69, 9.17) is 10.00 Å². The molecule has 0 aromatic rings. The van der Waals surface area contributed by atoms with Crippen LogP contribution in [0.3, 0.4) is 0 Å². The van der Waals surface area contributed by atoms with E-state index in [0.29, 0.717) is 0 Å². The van der Waals surface area contributed by atoms with Crippen molar-refractivity contribution in [2.75, 3.05) is 7.11 Å². The zero-order chi connectivity index (χ0) is 11.3. The average Bonchev–Trinajstić information content (AvgIpc) is 2.29. The summed E-state index contributed by atoms with van der Waals surface area (Å²) in [6.45, 7) is 1.68. The Morgan fingerprint density at radius 1 is 1.47 bits per heavy atom. The molecule has 1 atom stereocenters. The van der Waals surface area contributed by atoms with Crippen LogP contribution in [0.25, 0.3) is 0 Å². The molecule has 1 saturated carbocycles. The predicted molar refractivity (Wildman–Crippen MR) is 56.0 cm³/mol. The van der Waals surface area contributed by atoms with E-state index in [0.717, 1.165) is 32.1 Å². The summed E-state index contributed by atoms with van der Waals surface area (Å²) in [5.41, 5.74) is -0.651. The third kappa shape index (κ3) is 2.93. The Labute approximate surface area is 90.6 Å². The maximum atomic E-state index is 11.6. The molecular weight excluding hydrogens is 192 g/mol. The van der Waals surface area contributed by atoms with Crippen molar-refractivity contribution in [3.8, 4) is 6.07 Å². The van der Waals surface area contributed by atoms with Crippen molar-refractivity contribution in [3.05, 3.63) is 0 Å². The first kappa shape index (κ1) is 12.0. The number of hydrogen-bond donors (Lipinski definition) is 1. The van der Waals surface area contributed by atoms with Crippen LogP contribution < -0.4 is 5.32 Å². The highest BCUT2D eigenvalue weighted by Gasteiger charge is 2.34. The Morgan fingerprint density at radius 3 is 2.53 bits per heavy atom. The number of carbonyl (C=O) groups excluding carboxylic acids is 1. The van der Waals surface area contributed by atoms with E-state index < -0.39 is 11.6 Å². The molecule has 1 rings (SSSR count). The van der Waals surface area contributed by atoms with Crippen molar-refractivity contribution in [3.63, 3.8) is 0 Å². The van der Waals surface area contributed by atoms with Gasteiger partial charge in [0.05, 0.1) is 6.07 Å². The number of amides is 1. The van der Waals surface area contributed by atoms with Crippen LogP contribution >= 0.6 is 0 Å². The Morgan fingerprint density at radius 2 is 2.07 bits per heavy atom. The van der Waals surface area contributed by atoms with Gasteiger partial charge in [0.1, 0.15) is 11.6 Å². The van der Waals surface area contributed by atoms with E-state index in [9.17, 15) is 4.79 Å². The van der Waals surface area contributed by atoms with E-state index in [1.807, 2.05) is 0 Å². The van der Waals surface area contributed by atoms with Crippen molar-refractivity contribution < 1.29 is 9.53 Å². The van der Waals surface area contributed by atoms with E-state index in [2.05, 4.69) is 11.4 Å². The third-order valence-corrected chi connectivity index (χ3v) is 3.01. The lowest BCUT2D eigenvalue weighted by molar-refractivity contribution is -0.131.